The maximum absolute atomic E-state index is 13.5. The minimum atomic E-state index is -0.663. The third kappa shape index (κ3) is 4.42. The molecule has 7 heteroatoms. The molecule has 4 N–H and O–H groups in total. The summed E-state index contributed by atoms with van der Waals surface area (Å²) in [6, 6.07) is 0.0195. The van der Waals surface area contributed by atoms with E-state index in [9.17, 15) is 19.8 Å². The number of carbonyl (C=O) groups excluding carboxylic acids is 2. The van der Waals surface area contributed by atoms with E-state index in [1.807, 2.05) is 13.0 Å². The van der Waals surface area contributed by atoms with Gasteiger partial charge in [-0.2, -0.15) is 0 Å². The van der Waals surface area contributed by atoms with E-state index >= 15 is 0 Å². The summed E-state index contributed by atoms with van der Waals surface area (Å²) < 4.78 is 6.29. The quantitative estimate of drug-likeness (QED) is 0.383. The number of hydrogen-bond acceptors (Lipinski definition) is 7. The van der Waals surface area contributed by atoms with Crippen LogP contribution in [0.5, 0.6) is 0 Å². The lowest BCUT2D eigenvalue weighted by molar-refractivity contribution is -0.205. The molecule has 0 aromatic carbocycles. The Bertz CT molecular complexity index is 851. The Morgan fingerprint density at radius 2 is 1.94 bits per heavy atom. The first kappa shape index (κ1) is 27.2. The number of ketones is 1. The minimum absolute atomic E-state index is 0.0194. The van der Waals surface area contributed by atoms with E-state index in [0.29, 0.717) is 19.3 Å². The summed E-state index contributed by atoms with van der Waals surface area (Å²) in [5.41, 5.74) is 4.57. The molecular weight excluding hydrogens is 462 g/mol. The van der Waals surface area contributed by atoms with Crippen molar-refractivity contribution in [1.82, 2.24) is 0 Å². The summed E-state index contributed by atoms with van der Waals surface area (Å²) in [5.74, 6) is 0.0613. The van der Waals surface area contributed by atoms with Gasteiger partial charge in [-0.3, -0.25) is 9.59 Å². The van der Waals surface area contributed by atoms with Crippen molar-refractivity contribution in [2.24, 2.45) is 39.7 Å². The molecule has 4 rings (SSSR count). The van der Waals surface area contributed by atoms with Crippen LogP contribution in [0.15, 0.2) is 12.7 Å². The number of aliphatic hydroxyl groups is 2. The van der Waals surface area contributed by atoms with Crippen molar-refractivity contribution in [1.29, 1.82) is 0 Å². The number of esters is 1. The highest BCUT2D eigenvalue weighted by Gasteiger charge is 2.68. The van der Waals surface area contributed by atoms with E-state index in [2.05, 4.69) is 27.4 Å². The Kier molecular flexibility index (Phi) is 7.58. The van der Waals surface area contributed by atoms with Gasteiger partial charge in [-0.05, 0) is 62.2 Å². The monoisotopic (exact) mass is 507 g/mol. The number of ether oxygens (including phenoxy) is 1. The van der Waals surface area contributed by atoms with E-state index in [4.69, 9.17) is 10.5 Å². The largest absolute Gasteiger partial charge is 0.461 e. The van der Waals surface area contributed by atoms with E-state index in [-0.39, 0.29) is 52.0 Å². The summed E-state index contributed by atoms with van der Waals surface area (Å²) in [6.45, 7) is 12.5. The normalized spacial score (nSPS) is 50.1. The maximum Gasteiger partial charge on any atom is 0.316 e. The van der Waals surface area contributed by atoms with Gasteiger partial charge in [0, 0.05) is 34.5 Å². The molecule has 2 unspecified atom stereocenters. The fraction of sp³-hybridized carbons (Fsp3) is 0.857. The second kappa shape index (κ2) is 9.77. The molecule has 198 valence electrons. The van der Waals surface area contributed by atoms with Crippen molar-refractivity contribution >= 4 is 23.5 Å². The lowest BCUT2D eigenvalue weighted by Gasteiger charge is -2.61. The average molecular weight is 508 g/mol. The smallest absolute Gasteiger partial charge is 0.316 e. The molecule has 4 fully saturated rings. The third-order valence-corrected chi connectivity index (χ3v) is 12.2. The SMILES string of the molecule is C=C[C@]1(C)C[C@@H](OC(=O)CS[C@@H]2CC[C@@H](N)C[C@H]2O)C2(C)[C@H](C)CCC3(CCC(=O)[C@H]32)[C@@H](C)[C@@H]1O. The van der Waals surface area contributed by atoms with Gasteiger partial charge in [0.15, 0.2) is 0 Å². The van der Waals surface area contributed by atoms with Crippen LogP contribution in [0.3, 0.4) is 0 Å². The van der Waals surface area contributed by atoms with E-state index < -0.39 is 29.1 Å². The van der Waals surface area contributed by atoms with Gasteiger partial charge in [0.05, 0.1) is 18.0 Å². The van der Waals surface area contributed by atoms with Crippen LogP contribution in [-0.2, 0) is 14.3 Å². The van der Waals surface area contributed by atoms with E-state index in [1.54, 1.807) is 0 Å². The second-order valence-corrected chi connectivity index (χ2v) is 13.8. The number of aliphatic hydroxyl groups excluding tert-OH is 2. The van der Waals surface area contributed by atoms with Gasteiger partial charge < -0.3 is 20.7 Å². The molecular formula is C28H45NO5S. The second-order valence-electron chi connectivity index (χ2n) is 12.6. The van der Waals surface area contributed by atoms with Crippen LogP contribution in [0.4, 0.5) is 0 Å². The van der Waals surface area contributed by atoms with Crippen LogP contribution in [0.1, 0.15) is 79.1 Å². The molecule has 35 heavy (non-hydrogen) atoms. The van der Waals surface area contributed by atoms with Crippen LogP contribution in [0, 0.1) is 34.0 Å². The highest BCUT2D eigenvalue weighted by atomic mass is 32.2. The number of Topliss-reactive ketones (excluding diaryl/α,β-unsaturated/α-hetero) is 1. The van der Waals surface area contributed by atoms with Crippen LogP contribution < -0.4 is 5.73 Å². The molecule has 0 aromatic heterocycles. The van der Waals surface area contributed by atoms with Crippen molar-refractivity contribution in [3.05, 3.63) is 12.7 Å². The molecule has 0 saturated heterocycles. The first-order valence-electron chi connectivity index (χ1n) is 13.5. The minimum Gasteiger partial charge on any atom is -0.461 e. The van der Waals surface area contributed by atoms with Crippen molar-refractivity contribution in [3.8, 4) is 0 Å². The number of rotatable bonds is 5. The predicted octanol–water partition coefficient (Wildman–Crippen LogP) is 3.87. The fourth-order valence-corrected chi connectivity index (χ4v) is 9.27. The topological polar surface area (TPSA) is 110 Å². The zero-order chi connectivity index (χ0) is 25.8. The van der Waals surface area contributed by atoms with Crippen molar-refractivity contribution in [3.63, 3.8) is 0 Å². The molecule has 4 aliphatic carbocycles. The van der Waals surface area contributed by atoms with Crippen LogP contribution >= 0.6 is 11.8 Å². The number of thioether (sulfide) groups is 1. The van der Waals surface area contributed by atoms with Gasteiger partial charge in [0.1, 0.15) is 11.9 Å². The Balaban J connectivity index is 1.62. The van der Waals surface area contributed by atoms with Gasteiger partial charge in [-0.25, -0.2) is 0 Å². The van der Waals surface area contributed by atoms with Gasteiger partial charge in [-0.1, -0.05) is 33.8 Å². The lowest BCUT2D eigenvalue weighted by atomic mass is 9.44. The maximum atomic E-state index is 13.5. The molecule has 0 radical (unpaired) electrons. The first-order chi connectivity index (χ1) is 16.4. The summed E-state index contributed by atoms with van der Waals surface area (Å²) >= 11 is 1.45. The first-order valence-corrected chi connectivity index (χ1v) is 14.5. The molecule has 4 saturated carbocycles. The Labute approximate surface area is 214 Å². The third-order valence-electron chi connectivity index (χ3n) is 10.8. The zero-order valence-corrected chi connectivity index (χ0v) is 22.7. The number of hydrogen-bond donors (Lipinski definition) is 3. The molecule has 0 amide bonds. The van der Waals surface area contributed by atoms with Crippen molar-refractivity contribution in [2.45, 2.75) is 109 Å². The summed E-state index contributed by atoms with van der Waals surface area (Å²) in [4.78, 5) is 26.7. The fourth-order valence-electron chi connectivity index (χ4n) is 8.21. The van der Waals surface area contributed by atoms with Crippen molar-refractivity contribution < 1.29 is 24.5 Å². The standard InChI is InChI=1S/C28H45NO5S/c1-6-26(4)14-22(34-23(32)15-35-21-8-7-18(29)13-20(21)31)27(5)16(2)9-11-28(17(3)25(26)33)12-10-19(30)24(27)28/h6,16-18,20-22,24-25,31,33H,1,7-15,29H2,2-5H3/t16-,17+,18-,20-,21-,22-,24+,25+,26-,27?,28?/m1/s1. The van der Waals surface area contributed by atoms with Crippen LogP contribution in [0.2, 0.25) is 0 Å². The van der Waals surface area contributed by atoms with Crippen LogP contribution in [-0.4, -0.2) is 57.3 Å². The molecule has 0 aliphatic heterocycles. The number of carbonyl (C=O) groups is 2. The zero-order valence-electron chi connectivity index (χ0n) is 21.9. The predicted molar refractivity (Wildman–Crippen MR) is 139 cm³/mol. The van der Waals surface area contributed by atoms with Gasteiger partial charge in [0.2, 0.25) is 0 Å². The Morgan fingerprint density at radius 3 is 2.60 bits per heavy atom. The lowest BCUT2D eigenvalue weighted by Crippen LogP contribution is -2.63. The van der Waals surface area contributed by atoms with Crippen molar-refractivity contribution in [2.75, 3.05) is 5.75 Å². The molecule has 11 atom stereocenters. The molecule has 4 aliphatic rings. The van der Waals surface area contributed by atoms with E-state index in [1.165, 1.54) is 11.8 Å². The molecule has 0 spiro atoms. The number of nitrogens with two attached hydrogens (primary N) is 1. The molecule has 6 nitrogen and oxygen atoms in total. The highest BCUT2D eigenvalue weighted by Crippen LogP contribution is 2.68. The summed E-state index contributed by atoms with van der Waals surface area (Å²) in [5, 5.41) is 22.0. The van der Waals surface area contributed by atoms with Crippen LogP contribution in [0.25, 0.3) is 0 Å². The summed E-state index contributed by atoms with van der Waals surface area (Å²) in [7, 11) is 0. The van der Waals surface area contributed by atoms with Gasteiger partial charge >= 0.3 is 5.97 Å². The van der Waals surface area contributed by atoms with Gasteiger partial charge in [-0.15, -0.1) is 18.3 Å². The average Bonchev–Trinajstić information content (AvgIpc) is 3.17. The Morgan fingerprint density at radius 1 is 1.23 bits per heavy atom. The molecule has 0 heterocycles. The van der Waals surface area contributed by atoms with Gasteiger partial charge in [0.25, 0.3) is 0 Å². The Hall–Kier alpha value is -0.890. The molecule has 0 aromatic rings. The molecule has 2 bridgehead atoms. The highest BCUT2D eigenvalue weighted by molar-refractivity contribution is 8.00. The van der Waals surface area contributed by atoms with E-state index in [0.717, 1.165) is 32.1 Å². The summed E-state index contributed by atoms with van der Waals surface area (Å²) in [6.07, 6.45) is 6.01.